The highest BCUT2D eigenvalue weighted by molar-refractivity contribution is 6.30. The molecular formula is C15H14ClNO2. The van der Waals surface area contributed by atoms with Crippen LogP contribution in [0.3, 0.4) is 0 Å². The molecule has 4 heteroatoms. The Morgan fingerprint density at radius 2 is 1.79 bits per heavy atom. The number of carbonyl (C=O) groups excluding carboxylic acids is 1. The molecule has 0 aliphatic rings. The molecule has 2 N–H and O–H groups in total. The molecule has 3 nitrogen and oxygen atoms in total. The lowest BCUT2D eigenvalue weighted by molar-refractivity contribution is 0.103. The Morgan fingerprint density at radius 3 is 2.37 bits per heavy atom. The van der Waals surface area contributed by atoms with E-state index in [9.17, 15) is 4.79 Å². The van der Waals surface area contributed by atoms with E-state index >= 15 is 0 Å². The first kappa shape index (κ1) is 13.4. The van der Waals surface area contributed by atoms with Crippen molar-refractivity contribution < 1.29 is 9.53 Å². The average Bonchev–Trinajstić information content (AvgIpc) is 2.41. The van der Waals surface area contributed by atoms with Crippen LogP contribution in [0.4, 0.5) is 5.69 Å². The van der Waals surface area contributed by atoms with Gasteiger partial charge in [0.15, 0.2) is 5.78 Å². The first-order valence-corrected chi connectivity index (χ1v) is 6.32. The topological polar surface area (TPSA) is 52.3 Å². The molecule has 0 radical (unpaired) electrons. The van der Waals surface area contributed by atoms with Crippen LogP contribution in [-0.2, 0) is 0 Å². The predicted molar refractivity (Wildman–Crippen MR) is 76.9 cm³/mol. The summed E-state index contributed by atoms with van der Waals surface area (Å²) in [6, 6.07) is 11.8. The fourth-order valence-corrected chi connectivity index (χ4v) is 1.87. The summed E-state index contributed by atoms with van der Waals surface area (Å²) < 4.78 is 5.34. The molecule has 0 saturated carbocycles. The number of hydrogen-bond acceptors (Lipinski definition) is 3. The Bertz CT molecular complexity index is 594. The number of benzene rings is 2. The van der Waals surface area contributed by atoms with Crippen LogP contribution in [0.5, 0.6) is 5.75 Å². The van der Waals surface area contributed by atoms with E-state index in [1.807, 2.05) is 6.92 Å². The van der Waals surface area contributed by atoms with Gasteiger partial charge in [0.05, 0.1) is 12.3 Å². The van der Waals surface area contributed by atoms with Gasteiger partial charge in [-0.25, -0.2) is 0 Å². The summed E-state index contributed by atoms with van der Waals surface area (Å²) >= 11 is 5.80. The van der Waals surface area contributed by atoms with Gasteiger partial charge >= 0.3 is 0 Å². The number of halogens is 1. The van der Waals surface area contributed by atoms with E-state index in [0.717, 1.165) is 0 Å². The summed E-state index contributed by atoms with van der Waals surface area (Å²) in [6.45, 7) is 2.42. The zero-order chi connectivity index (χ0) is 13.8. The third-order valence-electron chi connectivity index (χ3n) is 2.68. The van der Waals surface area contributed by atoms with Crippen molar-refractivity contribution in [3.8, 4) is 5.75 Å². The minimum absolute atomic E-state index is 0.0913. The summed E-state index contributed by atoms with van der Waals surface area (Å²) in [5, 5.41) is 0.600. The number of nitrogens with two attached hydrogens (primary N) is 1. The maximum Gasteiger partial charge on any atom is 0.193 e. The van der Waals surface area contributed by atoms with Crippen LogP contribution in [0, 0.1) is 0 Å². The Kier molecular flexibility index (Phi) is 4.07. The molecule has 0 saturated heterocycles. The molecule has 2 aromatic rings. The number of ether oxygens (including phenoxy) is 1. The second-order valence-electron chi connectivity index (χ2n) is 4.02. The summed E-state index contributed by atoms with van der Waals surface area (Å²) in [5.41, 5.74) is 7.42. The molecule has 2 rings (SSSR count). The van der Waals surface area contributed by atoms with E-state index in [-0.39, 0.29) is 5.78 Å². The van der Waals surface area contributed by atoms with Gasteiger partial charge in [-0.1, -0.05) is 11.6 Å². The first-order chi connectivity index (χ1) is 9.11. The summed E-state index contributed by atoms with van der Waals surface area (Å²) in [4.78, 5) is 12.2. The number of carbonyl (C=O) groups is 1. The van der Waals surface area contributed by atoms with Crippen LogP contribution >= 0.6 is 11.6 Å². The van der Waals surface area contributed by atoms with Gasteiger partial charge in [0.1, 0.15) is 5.75 Å². The smallest absolute Gasteiger partial charge is 0.193 e. The van der Waals surface area contributed by atoms with Crippen molar-refractivity contribution in [3.05, 3.63) is 58.6 Å². The van der Waals surface area contributed by atoms with Gasteiger partial charge in [-0.3, -0.25) is 4.79 Å². The van der Waals surface area contributed by atoms with Gasteiger partial charge in [-0.2, -0.15) is 0 Å². The van der Waals surface area contributed by atoms with E-state index in [1.165, 1.54) is 0 Å². The van der Waals surface area contributed by atoms with E-state index in [2.05, 4.69) is 0 Å². The SMILES string of the molecule is CCOc1ccc(C(=O)c2ccc(Cl)cc2)cc1N. The number of nitrogen functional groups attached to an aromatic ring is 1. The Morgan fingerprint density at radius 1 is 1.16 bits per heavy atom. The molecular weight excluding hydrogens is 262 g/mol. The molecule has 0 heterocycles. The Balaban J connectivity index is 2.29. The van der Waals surface area contributed by atoms with E-state index in [4.69, 9.17) is 22.1 Å². The molecule has 0 atom stereocenters. The molecule has 0 unspecified atom stereocenters. The van der Waals surface area contributed by atoms with Gasteiger partial charge in [-0.05, 0) is 49.4 Å². The second-order valence-corrected chi connectivity index (χ2v) is 4.46. The number of rotatable bonds is 4. The average molecular weight is 276 g/mol. The monoisotopic (exact) mass is 275 g/mol. The standard InChI is InChI=1S/C15H14ClNO2/c1-2-19-14-8-5-11(9-13(14)17)15(18)10-3-6-12(16)7-4-10/h3-9H,2,17H2,1H3. The van der Waals surface area contributed by atoms with Crippen molar-refractivity contribution in [2.75, 3.05) is 12.3 Å². The van der Waals surface area contributed by atoms with Crippen LogP contribution in [-0.4, -0.2) is 12.4 Å². The zero-order valence-electron chi connectivity index (χ0n) is 10.5. The quantitative estimate of drug-likeness (QED) is 0.686. The molecule has 0 bridgehead atoms. The van der Waals surface area contributed by atoms with E-state index in [1.54, 1.807) is 42.5 Å². The number of anilines is 1. The summed E-state index contributed by atoms with van der Waals surface area (Å²) in [7, 11) is 0. The minimum atomic E-state index is -0.0913. The van der Waals surface area contributed by atoms with Crippen LogP contribution in [0.2, 0.25) is 5.02 Å². The highest BCUT2D eigenvalue weighted by Gasteiger charge is 2.11. The van der Waals surface area contributed by atoms with Gasteiger partial charge in [0, 0.05) is 16.1 Å². The van der Waals surface area contributed by atoms with Gasteiger partial charge in [0.25, 0.3) is 0 Å². The minimum Gasteiger partial charge on any atom is -0.492 e. The zero-order valence-corrected chi connectivity index (χ0v) is 11.3. The van der Waals surface area contributed by atoms with Crippen molar-refractivity contribution in [1.82, 2.24) is 0 Å². The molecule has 0 aromatic heterocycles. The van der Waals surface area contributed by atoms with Gasteiger partial charge < -0.3 is 10.5 Å². The molecule has 0 spiro atoms. The summed E-state index contributed by atoms with van der Waals surface area (Å²) in [6.07, 6.45) is 0. The molecule has 0 amide bonds. The Labute approximate surface area is 117 Å². The lowest BCUT2D eigenvalue weighted by Gasteiger charge is -2.08. The fourth-order valence-electron chi connectivity index (χ4n) is 1.74. The van der Waals surface area contributed by atoms with Crippen molar-refractivity contribution >= 4 is 23.1 Å². The predicted octanol–water partition coefficient (Wildman–Crippen LogP) is 3.55. The molecule has 2 aromatic carbocycles. The van der Waals surface area contributed by atoms with E-state index in [0.29, 0.717) is 34.2 Å². The Hall–Kier alpha value is -2.00. The number of ketones is 1. The molecule has 0 aliphatic carbocycles. The summed E-state index contributed by atoms with van der Waals surface area (Å²) in [5.74, 6) is 0.501. The highest BCUT2D eigenvalue weighted by atomic mass is 35.5. The molecule has 0 aliphatic heterocycles. The second kappa shape index (κ2) is 5.76. The lowest BCUT2D eigenvalue weighted by Crippen LogP contribution is -2.03. The maximum absolute atomic E-state index is 12.2. The number of hydrogen-bond donors (Lipinski definition) is 1. The lowest BCUT2D eigenvalue weighted by atomic mass is 10.0. The van der Waals surface area contributed by atoms with Gasteiger partial charge in [-0.15, -0.1) is 0 Å². The molecule has 19 heavy (non-hydrogen) atoms. The van der Waals surface area contributed by atoms with Gasteiger partial charge in [0.2, 0.25) is 0 Å². The van der Waals surface area contributed by atoms with Crippen LogP contribution < -0.4 is 10.5 Å². The first-order valence-electron chi connectivity index (χ1n) is 5.94. The molecule has 98 valence electrons. The fraction of sp³-hybridized carbons (Fsp3) is 0.133. The van der Waals surface area contributed by atoms with E-state index < -0.39 is 0 Å². The van der Waals surface area contributed by atoms with Crippen molar-refractivity contribution in [2.45, 2.75) is 6.92 Å². The third-order valence-corrected chi connectivity index (χ3v) is 2.93. The normalized spacial score (nSPS) is 10.2. The third kappa shape index (κ3) is 3.06. The van der Waals surface area contributed by atoms with Crippen LogP contribution in [0.25, 0.3) is 0 Å². The maximum atomic E-state index is 12.2. The van der Waals surface area contributed by atoms with Crippen molar-refractivity contribution in [3.63, 3.8) is 0 Å². The van der Waals surface area contributed by atoms with Crippen molar-refractivity contribution in [2.24, 2.45) is 0 Å². The largest absolute Gasteiger partial charge is 0.492 e. The van der Waals surface area contributed by atoms with Crippen molar-refractivity contribution in [1.29, 1.82) is 0 Å². The van der Waals surface area contributed by atoms with Crippen LogP contribution in [0.15, 0.2) is 42.5 Å². The van der Waals surface area contributed by atoms with Crippen LogP contribution in [0.1, 0.15) is 22.8 Å². The highest BCUT2D eigenvalue weighted by Crippen LogP contribution is 2.24. The molecule has 0 fully saturated rings.